The van der Waals surface area contributed by atoms with E-state index in [9.17, 15) is 4.79 Å². The van der Waals surface area contributed by atoms with E-state index >= 15 is 0 Å². The number of fused-ring (bicyclic) bond motifs is 1. The number of oxazole rings is 1. The third kappa shape index (κ3) is 3.43. The van der Waals surface area contributed by atoms with Crippen LogP contribution in [0.5, 0.6) is 5.75 Å². The van der Waals surface area contributed by atoms with Gasteiger partial charge < -0.3 is 18.8 Å². The van der Waals surface area contributed by atoms with Crippen molar-refractivity contribution in [3.8, 4) is 5.75 Å². The molecule has 0 radical (unpaired) electrons. The fraction of sp³-hybridized carbons (Fsp3) is 0.333. The molecule has 0 spiro atoms. The number of aromatic nitrogens is 1. The summed E-state index contributed by atoms with van der Waals surface area (Å²) in [7, 11) is 0. The highest BCUT2D eigenvalue weighted by Gasteiger charge is 2.32. The highest BCUT2D eigenvalue weighted by atomic mass is 16.5. The van der Waals surface area contributed by atoms with Gasteiger partial charge in [0.25, 0.3) is 6.01 Å². The van der Waals surface area contributed by atoms with Gasteiger partial charge in [-0.1, -0.05) is 31.2 Å². The minimum absolute atomic E-state index is 0.130. The van der Waals surface area contributed by atoms with Crippen LogP contribution in [-0.4, -0.2) is 30.0 Å². The Morgan fingerprint density at radius 3 is 2.65 bits per heavy atom. The molecule has 0 aliphatic carbocycles. The molecule has 4 rings (SSSR count). The van der Waals surface area contributed by atoms with E-state index in [0.29, 0.717) is 12.4 Å². The van der Waals surface area contributed by atoms with Crippen LogP contribution in [-0.2, 0) is 4.79 Å². The number of rotatable bonds is 6. The molecule has 2 heterocycles. The number of Topliss-reactive ketones (excluding diaryl/α,β-unsaturated/α-hetero) is 1. The van der Waals surface area contributed by atoms with Crippen molar-refractivity contribution in [2.24, 2.45) is 0 Å². The molecule has 1 aliphatic heterocycles. The van der Waals surface area contributed by atoms with E-state index in [-0.39, 0.29) is 17.8 Å². The first kappa shape index (κ1) is 16.6. The Morgan fingerprint density at radius 1 is 1.23 bits per heavy atom. The number of ketones is 1. The van der Waals surface area contributed by atoms with E-state index < -0.39 is 0 Å². The van der Waals surface area contributed by atoms with E-state index in [2.05, 4.69) is 16.8 Å². The van der Waals surface area contributed by atoms with Crippen molar-refractivity contribution in [3.05, 3.63) is 54.1 Å². The van der Waals surface area contributed by atoms with Crippen LogP contribution in [0, 0.1) is 0 Å². The maximum Gasteiger partial charge on any atom is 0.298 e. The molecular formula is C21H22N2O3. The lowest BCUT2D eigenvalue weighted by Gasteiger charge is -2.37. The van der Waals surface area contributed by atoms with Crippen molar-refractivity contribution in [3.63, 3.8) is 0 Å². The Morgan fingerprint density at radius 2 is 1.96 bits per heavy atom. The summed E-state index contributed by atoms with van der Waals surface area (Å²) in [6.07, 6.45) is 0.702. The van der Waals surface area contributed by atoms with Gasteiger partial charge >= 0.3 is 0 Å². The Bertz CT molecular complexity index is 877. The minimum Gasteiger partial charge on any atom is -0.487 e. The molecule has 5 heteroatoms. The summed E-state index contributed by atoms with van der Waals surface area (Å²) in [4.78, 5) is 17.8. The molecular weight excluding hydrogens is 328 g/mol. The van der Waals surface area contributed by atoms with Crippen LogP contribution in [0.2, 0.25) is 0 Å². The summed E-state index contributed by atoms with van der Waals surface area (Å²) in [5.41, 5.74) is 2.85. The number of anilines is 1. The molecule has 1 aliphatic rings. The van der Waals surface area contributed by atoms with E-state index in [1.807, 2.05) is 48.5 Å². The third-order valence-electron chi connectivity index (χ3n) is 4.75. The van der Waals surface area contributed by atoms with Crippen LogP contribution in [0.3, 0.4) is 0 Å². The van der Waals surface area contributed by atoms with Crippen molar-refractivity contribution in [1.82, 2.24) is 4.98 Å². The SMILES string of the molecule is CC(=O)C[C@@H](C)c1ccc(OC2CN(c3nc4ccccc4o3)C2)cc1. The van der Waals surface area contributed by atoms with Crippen LogP contribution < -0.4 is 9.64 Å². The zero-order chi connectivity index (χ0) is 18.1. The van der Waals surface area contributed by atoms with E-state index in [1.54, 1.807) is 6.92 Å². The molecule has 1 aromatic heterocycles. The highest BCUT2D eigenvalue weighted by molar-refractivity contribution is 5.76. The molecule has 2 aromatic carbocycles. The first-order valence-corrected chi connectivity index (χ1v) is 8.95. The molecule has 3 aromatic rings. The summed E-state index contributed by atoms with van der Waals surface area (Å²) in [5.74, 6) is 1.30. The monoisotopic (exact) mass is 350 g/mol. The van der Waals surface area contributed by atoms with E-state index in [0.717, 1.165) is 35.5 Å². The number of carbonyl (C=O) groups is 1. The van der Waals surface area contributed by atoms with Crippen molar-refractivity contribution in [2.45, 2.75) is 32.3 Å². The van der Waals surface area contributed by atoms with Gasteiger partial charge in [-0.15, -0.1) is 0 Å². The van der Waals surface area contributed by atoms with Crippen LogP contribution in [0.1, 0.15) is 31.7 Å². The summed E-state index contributed by atoms with van der Waals surface area (Å²) >= 11 is 0. The van der Waals surface area contributed by atoms with Crippen LogP contribution in [0.15, 0.2) is 52.9 Å². The number of hydrogen-bond donors (Lipinski definition) is 0. The Kier molecular flexibility index (Phi) is 4.37. The summed E-state index contributed by atoms with van der Waals surface area (Å²) in [5, 5.41) is 0. The molecule has 0 N–H and O–H groups in total. The van der Waals surface area contributed by atoms with Gasteiger partial charge in [0.05, 0.1) is 13.1 Å². The van der Waals surface area contributed by atoms with Crippen LogP contribution >= 0.6 is 0 Å². The van der Waals surface area contributed by atoms with Gasteiger partial charge in [-0.05, 0) is 42.7 Å². The largest absolute Gasteiger partial charge is 0.487 e. The Balaban J connectivity index is 1.33. The maximum absolute atomic E-state index is 11.2. The summed E-state index contributed by atoms with van der Waals surface area (Å²) in [6.45, 7) is 5.22. The number of nitrogens with zero attached hydrogens (tertiary/aromatic N) is 2. The molecule has 0 saturated carbocycles. The Hall–Kier alpha value is -2.82. The van der Waals surface area contributed by atoms with Gasteiger partial charge in [0, 0.05) is 6.42 Å². The summed E-state index contributed by atoms with van der Waals surface area (Å²) in [6, 6.07) is 16.5. The number of ether oxygens (including phenoxy) is 1. The second-order valence-corrected chi connectivity index (χ2v) is 6.99. The van der Waals surface area contributed by atoms with Gasteiger partial charge in [0.2, 0.25) is 0 Å². The van der Waals surface area contributed by atoms with Gasteiger partial charge in [-0.3, -0.25) is 0 Å². The average Bonchev–Trinajstić information content (AvgIpc) is 3.01. The maximum atomic E-state index is 11.2. The molecule has 1 saturated heterocycles. The third-order valence-corrected chi connectivity index (χ3v) is 4.75. The molecule has 0 unspecified atom stereocenters. The number of carbonyl (C=O) groups excluding carboxylic acids is 1. The predicted octanol–water partition coefficient (Wildman–Crippen LogP) is 4.18. The van der Waals surface area contributed by atoms with Gasteiger partial charge in [-0.2, -0.15) is 4.98 Å². The fourth-order valence-corrected chi connectivity index (χ4v) is 3.28. The quantitative estimate of drug-likeness (QED) is 0.667. The number of benzene rings is 2. The number of para-hydroxylation sites is 2. The molecule has 5 nitrogen and oxygen atoms in total. The van der Waals surface area contributed by atoms with Gasteiger partial charge in [0.15, 0.2) is 5.58 Å². The normalized spacial score (nSPS) is 15.7. The fourth-order valence-electron chi connectivity index (χ4n) is 3.28. The second-order valence-electron chi connectivity index (χ2n) is 6.99. The first-order valence-electron chi connectivity index (χ1n) is 8.95. The van der Waals surface area contributed by atoms with Crippen LogP contribution in [0.4, 0.5) is 6.01 Å². The summed E-state index contributed by atoms with van der Waals surface area (Å²) < 4.78 is 11.8. The molecule has 134 valence electrons. The minimum atomic E-state index is 0.130. The smallest absolute Gasteiger partial charge is 0.298 e. The average molecular weight is 350 g/mol. The first-order chi connectivity index (χ1) is 12.6. The molecule has 26 heavy (non-hydrogen) atoms. The second kappa shape index (κ2) is 6.83. The zero-order valence-electron chi connectivity index (χ0n) is 15.0. The van der Waals surface area contributed by atoms with Crippen molar-refractivity contribution >= 4 is 22.9 Å². The van der Waals surface area contributed by atoms with Crippen molar-refractivity contribution in [1.29, 1.82) is 0 Å². The lowest BCUT2D eigenvalue weighted by molar-refractivity contribution is -0.117. The van der Waals surface area contributed by atoms with Crippen LogP contribution in [0.25, 0.3) is 11.1 Å². The highest BCUT2D eigenvalue weighted by Crippen LogP contribution is 2.28. The molecule has 1 fully saturated rings. The van der Waals surface area contributed by atoms with Crippen molar-refractivity contribution in [2.75, 3.05) is 18.0 Å². The zero-order valence-corrected chi connectivity index (χ0v) is 15.0. The molecule has 1 atom stereocenters. The molecule has 0 bridgehead atoms. The number of hydrogen-bond acceptors (Lipinski definition) is 5. The van der Waals surface area contributed by atoms with E-state index in [4.69, 9.17) is 9.15 Å². The topological polar surface area (TPSA) is 55.6 Å². The standard InChI is InChI=1S/C21H22N2O3/c1-14(11-15(2)24)16-7-9-17(10-8-16)25-18-12-23(13-18)21-22-19-5-3-4-6-20(19)26-21/h3-10,14,18H,11-13H2,1-2H3/t14-/m1/s1. The Labute approximate surface area is 152 Å². The van der Waals surface area contributed by atoms with Crippen molar-refractivity contribution < 1.29 is 13.9 Å². The van der Waals surface area contributed by atoms with Gasteiger partial charge in [-0.25, -0.2) is 0 Å². The molecule has 0 amide bonds. The van der Waals surface area contributed by atoms with Gasteiger partial charge in [0.1, 0.15) is 23.2 Å². The predicted molar refractivity (Wildman–Crippen MR) is 101 cm³/mol. The lowest BCUT2D eigenvalue weighted by Crippen LogP contribution is -2.54. The van der Waals surface area contributed by atoms with E-state index in [1.165, 1.54) is 0 Å². The lowest BCUT2D eigenvalue weighted by atomic mass is 9.96.